The predicted molar refractivity (Wildman–Crippen MR) is 87.0 cm³/mol. The summed E-state index contributed by atoms with van der Waals surface area (Å²) in [5.41, 5.74) is 4.43. The highest BCUT2D eigenvalue weighted by molar-refractivity contribution is 6.05. The Bertz CT molecular complexity index is 726. The summed E-state index contributed by atoms with van der Waals surface area (Å²) in [5, 5.41) is 3.39. The van der Waals surface area contributed by atoms with Crippen LogP contribution in [0.25, 0.3) is 0 Å². The van der Waals surface area contributed by atoms with Gasteiger partial charge in [0.25, 0.3) is 0 Å². The molecule has 0 fully saturated rings. The van der Waals surface area contributed by atoms with Crippen molar-refractivity contribution in [1.29, 1.82) is 0 Å². The predicted octanol–water partition coefficient (Wildman–Crippen LogP) is 3.03. The van der Waals surface area contributed by atoms with E-state index in [0.717, 1.165) is 40.7 Å². The monoisotopic (exact) mass is 297 g/mol. The summed E-state index contributed by atoms with van der Waals surface area (Å²) in [6.45, 7) is 3.39. The van der Waals surface area contributed by atoms with Crippen LogP contribution in [-0.2, 0) is 13.1 Å². The number of nitrogens with one attached hydrogen (secondary N) is 1. The molecule has 5 nitrogen and oxygen atoms in total. The van der Waals surface area contributed by atoms with Crippen LogP contribution in [0.2, 0.25) is 0 Å². The van der Waals surface area contributed by atoms with Gasteiger partial charge >= 0.3 is 0 Å². The van der Waals surface area contributed by atoms with Crippen LogP contribution >= 0.6 is 0 Å². The first-order chi connectivity index (χ1) is 10.7. The molecule has 0 unspecified atom stereocenters. The molecule has 0 saturated heterocycles. The zero-order valence-corrected chi connectivity index (χ0v) is 13.0. The maximum atomic E-state index is 5.43. The maximum absolute atomic E-state index is 5.43. The molecule has 2 aromatic rings. The highest BCUT2D eigenvalue weighted by Crippen LogP contribution is 2.28. The van der Waals surface area contributed by atoms with Gasteiger partial charge in [0.1, 0.15) is 17.3 Å². The minimum Gasteiger partial charge on any atom is -0.497 e. The third-order valence-corrected chi connectivity index (χ3v) is 3.83. The number of fused-ring (bicyclic) bond motifs is 1. The molecule has 0 aliphatic carbocycles. The summed E-state index contributed by atoms with van der Waals surface area (Å²) < 4.78 is 10.6. The quantitative estimate of drug-likeness (QED) is 0.921. The van der Waals surface area contributed by atoms with Crippen LogP contribution in [0, 0.1) is 0 Å². The number of hydrogen-bond donors (Lipinski definition) is 1. The van der Waals surface area contributed by atoms with E-state index < -0.39 is 0 Å². The smallest absolute Gasteiger partial charge is 0.135 e. The van der Waals surface area contributed by atoms with Gasteiger partial charge in [0, 0.05) is 35.6 Å². The molecular weight excluding hydrogens is 278 g/mol. The third-order valence-electron chi connectivity index (χ3n) is 3.83. The molecule has 1 aliphatic heterocycles. The van der Waals surface area contributed by atoms with Gasteiger partial charge < -0.3 is 14.8 Å². The lowest BCUT2D eigenvalue weighted by atomic mass is 10.1. The second-order valence-electron chi connectivity index (χ2n) is 5.13. The van der Waals surface area contributed by atoms with Gasteiger partial charge in [-0.05, 0) is 30.7 Å². The highest BCUT2D eigenvalue weighted by Gasteiger charge is 2.17. The van der Waals surface area contributed by atoms with Gasteiger partial charge in [0.15, 0.2) is 0 Å². The van der Waals surface area contributed by atoms with Gasteiger partial charge in [-0.25, -0.2) is 4.98 Å². The fraction of sp³-hybridized carbons (Fsp3) is 0.294. The average Bonchev–Trinajstić information content (AvgIpc) is 2.94. The first kappa shape index (κ1) is 14.4. The standard InChI is InChI=1S/C17H19N3O2/c1-11-16-13(10-19-11)6-7-18-17(16)20-9-12-4-5-14(21-2)8-15(12)22-3/h4-8H,9-10H2,1-3H3,(H,18,20). The number of hydrogen-bond acceptors (Lipinski definition) is 5. The molecule has 114 valence electrons. The molecule has 0 amide bonds. The summed E-state index contributed by atoms with van der Waals surface area (Å²) in [4.78, 5) is 8.92. The molecule has 1 aromatic carbocycles. The lowest BCUT2D eigenvalue weighted by Crippen LogP contribution is -2.08. The largest absolute Gasteiger partial charge is 0.497 e. The van der Waals surface area contributed by atoms with E-state index in [1.807, 2.05) is 37.4 Å². The van der Waals surface area contributed by atoms with E-state index in [2.05, 4.69) is 15.3 Å². The highest BCUT2D eigenvalue weighted by atomic mass is 16.5. The molecule has 0 radical (unpaired) electrons. The Morgan fingerprint density at radius 2 is 2.05 bits per heavy atom. The lowest BCUT2D eigenvalue weighted by Gasteiger charge is -2.13. The first-order valence-electron chi connectivity index (χ1n) is 7.17. The van der Waals surface area contributed by atoms with Crippen LogP contribution in [0.1, 0.15) is 23.6 Å². The van der Waals surface area contributed by atoms with Crippen LogP contribution in [0.15, 0.2) is 35.5 Å². The molecule has 0 saturated carbocycles. The fourth-order valence-corrected chi connectivity index (χ4v) is 2.63. The molecule has 0 spiro atoms. The van der Waals surface area contributed by atoms with E-state index in [9.17, 15) is 0 Å². The zero-order valence-electron chi connectivity index (χ0n) is 13.0. The topological polar surface area (TPSA) is 55.7 Å². The van der Waals surface area contributed by atoms with Crippen molar-refractivity contribution < 1.29 is 9.47 Å². The Labute approximate surface area is 130 Å². The number of benzene rings is 1. The molecular formula is C17H19N3O2. The SMILES string of the molecule is COc1ccc(CNc2nccc3c2C(C)=NC3)c(OC)c1. The van der Waals surface area contributed by atoms with Crippen LogP contribution < -0.4 is 14.8 Å². The Morgan fingerprint density at radius 1 is 1.18 bits per heavy atom. The Kier molecular flexibility index (Phi) is 3.96. The van der Waals surface area contributed by atoms with E-state index in [1.165, 1.54) is 5.56 Å². The fourth-order valence-electron chi connectivity index (χ4n) is 2.63. The molecule has 0 atom stereocenters. The molecule has 1 aromatic heterocycles. The van der Waals surface area contributed by atoms with Gasteiger partial charge in [0.2, 0.25) is 0 Å². The first-order valence-corrected chi connectivity index (χ1v) is 7.17. The number of pyridine rings is 1. The second kappa shape index (κ2) is 6.05. The molecule has 1 N–H and O–H groups in total. The van der Waals surface area contributed by atoms with Crippen molar-refractivity contribution in [1.82, 2.24) is 4.98 Å². The van der Waals surface area contributed by atoms with Crippen LogP contribution in [-0.4, -0.2) is 24.9 Å². The minimum atomic E-state index is 0.629. The molecule has 0 bridgehead atoms. The normalized spacial score (nSPS) is 12.6. The van der Waals surface area contributed by atoms with Gasteiger partial charge in [-0.2, -0.15) is 0 Å². The summed E-state index contributed by atoms with van der Waals surface area (Å²) >= 11 is 0. The lowest BCUT2D eigenvalue weighted by molar-refractivity contribution is 0.391. The van der Waals surface area contributed by atoms with Crippen molar-refractivity contribution in [3.05, 3.63) is 47.2 Å². The van der Waals surface area contributed by atoms with Crippen molar-refractivity contribution >= 4 is 11.5 Å². The average molecular weight is 297 g/mol. The van der Waals surface area contributed by atoms with Crippen molar-refractivity contribution in [3.63, 3.8) is 0 Å². The molecule has 3 rings (SSSR count). The molecule has 5 heteroatoms. The van der Waals surface area contributed by atoms with Gasteiger partial charge in [-0.1, -0.05) is 0 Å². The van der Waals surface area contributed by atoms with E-state index in [-0.39, 0.29) is 0 Å². The van der Waals surface area contributed by atoms with Gasteiger partial charge in [-0.3, -0.25) is 4.99 Å². The number of methoxy groups -OCH3 is 2. The van der Waals surface area contributed by atoms with E-state index in [1.54, 1.807) is 14.2 Å². The summed E-state index contributed by atoms with van der Waals surface area (Å²) in [6.07, 6.45) is 1.82. The van der Waals surface area contributed by atoms with Crippen molar-refractivity contribution in [2.45, 2.75) is 20.0 Å². The van der Waals surface area contributed by atoms with Crippen LogP contribution in [0.3, 0.4) is 0 Å². The van der Waals surface area contributed by atoms with E-state index in [4.69, 9.17) is 9.47 Å². The zero-order chi connectivity index (χ0) is 15.5. The van der Waals surface area contributed by atoms with Gasteiger partial charge in [0.05, 0.1) is 20.8 Å². The summed E-state index contributed by atoms with van der Waals surface area (Å²) in [7, 11) is 3.31. The number of aliphatic imine (C=N–C) groups is 1. The molecule has 1 aliphatic rings. The Hall–Kier alpha value is -2.56. The number of anilines is 1. The second-order valence-corrected chi connectivity index (χ2v) is 5.13. The number of aromatic nitrogens is 1. The van der Waals surface area contributed by atoms with Crippen LogP contribution in [0.4, 0.5) is 5.82 Å². The van der Waals surface area contributed by atoms with E-state index >= 15 is 0 Å². The van der Waals surface area contributed by atoms with Crippen molar-refractivity contribution in [2.24, 2.45) is 4.99 Å². The van der Waals surface area contributed by atoms with E-state index in [0.29, 0.717) is 6.54 Å². The molecule has 2 heterocycles. The summed E-state index contributed by atoms with van der Waals surface area (Å²) in [6, 6.07) is 7.82. The van der Waals surface area contributed by atoms with Gasteiger partial charge in [-0.15, -0.1) is 0 Å². The minimum absolute atomic E-state index is 0.629. The van der Waals surface area contributed by atoms with Crippen molar-refractivity contribution in [2.75, 3.05) is 19.5 Å². The van der Waals surface area contributed by atoms with Crippen molar-refractivity contribution in [3.8, 4) is 11.5 Å². The number of rotatable bonds is 5. The number of nitrogens with zero attached hydrogens (tertiary/aromatic N) is 2. The van der Waals surface area contributed by atoms with Crippen LogP contribution in [0.5, 0.6) is 11.5 Å². The Morgan fingerprint density at radius 3 is 2.82 bits per heavy atom. The number of ether oxygens (including phenoxy) is 2. The molecule has 22 heavy (non-hydrogen) atoms. The third kappa shape index (κ3) is 2.62. The maximum Gasteiger partial charge on any atom is 0.135 e. The Balaban J connectivity index is 1.82. The summed E-state index contributed by atoms with van der Waals surface area (Å²) in [5.74, 6) is 2.45.